The summed E-state index contributed by atoms with van der Waals surface area (Å²) >= 11 is 12.7. The van der Waals surface area contributed by atoms with Crippen LogP contribution in [0.5, 0.6) is 23.0 Å². The van der Waals surface area contributed by atoms with E-state index < -0.39 is 0 Å². The highest BCUT2D eigenvalue weighted by Gasteiger charge is 2.16. The molecule has 0 spiro atoms. The van der Waals surface area contributed by atoms with E-state index in [9.17, 15) is 0 Å². The van der Waals surface area contributed by atoms with E-state index in [1.807, 2.05) is 84.9 Å². The van der Waals surface area contributed by atoms with Crippen LogP contribution in [-0.2, 0) is 6.54 Å². The van der Waals surface area contributed by atoms with Gasteiger partial charge in [0.05, 0.1) is 61.9 Å². The number of rotatable bonds is 16. The lowest BCUT2D eigenvalue weighted by atomic mass is 10.1. The molecule has 0 unspecified atom stereocenters. The zero-order valence-electron chi connectivity index (χ0n) is 30.8. The summed E-state index contributed by atoms with van der Waals surface area (Å²) in [6.07, 6.45) is 1.78. The van der Waals surface area contributed by atoms with Crippen molar-refractivity contribution in [1.29, 1.82) is 0 Å². The molecule has 0 saturated heterocycles. The second-order valence-electron chi connectivity index (χ2n) is 13.1. The molecule has 0 aliphatic carbocycles. The smallest absolute Gasteiger partial charge is 0.165 e. The molecule has 5 aromatic carbocycles. The lowest BCUT2D eigenvalue weighted by Crippen LogP contribution is -2.28. The zero-order chi connectivity index (χ0) is 37.6. The standard InChI is InChI=1S/C43H43Cl2N5O4/c1-51-30-12-16-36-34(24-30)41(32-14-10-28(44)22-38(32)48-36)46-18-6-20-50(26-27-8-5-9-40(53-3)43(27)54-4)21-7-19-47-42-33-15-11-29(45)23-39(33)49-37-17-13-31(52-2)25-35(37)42/h5,8-17,22-25H,6-7,18-21,26H2,1-4H3,(H,46,48)(H,47,49). The Hall–Kier alpha value is -5.22. The molecule has 0 fully saturated rings. The van der Waals surface area contributed by atoms with Gasteiger partial charge >= 0.3 is 0 Å². The van der Waals surface area contributed by atoms with Crippen LogP contribution in [0.3, 0.4) is 0 Å². The van der Waals surface area contributed by atoms with Crippen LogP contribution in [-0.4, -0.2) is 69.5 Å². The lowest BCUT2D eigenvalue weighted by molar-refractivity contribution is 0.257. The molecule has 0 radical (unpaired) electrons. The first kappa shape index (κ1) is 37.1. The Bertz CT molecular complexity index is 2300. The van der Waals surface area contributed by atoms with Crippen molar-refractivity contribution < 1.29 is 18.9 Å². The zero-order valence-corrected chi connectivity index (χ0v) is 32.4. The van der Waals surface area contributed by atoms with Crippen LogP contribution >= 0.6 is 23.2 Å². The SMILES string of the molecule is COc1ccc2nc3cc(Cl)ccc3c(NCCCN(CCCNc3c4ccc(Cl)cc4nc4ccc(OC)cc34)Cc3cccc(OC)c3OC)c2c1. The minimum absolute atomic E-state index is 0.654. The van der Waals surface area contributed by atoms with Crippen molar-refractivity contribution in [2.24, 2.45) is 0 Å². The predicted octanol–water partition coefficient (Wildman–Crippen LogP) is 10.2. The second kappa shape index (κ2) is 16.8. The molecular formula is C43H43Cl2N5O4. The van der Waals surface area contributed by atoms with E-state index in [0.717, 1.165) is 123 Å². The molecule has 2 N–H and O–H groups in total. The highest BCUT2D eigenvalue weighted by Crippen LogP contribution is 2.36. The molecule has 2 heterocycles. The minimum Gasteiger partial charge on any atom is -0.497 e. The molecule has 278 valence electrons. The molecule has 0 aliphatic rings. The molecule has 11 heteroatoms. The third-order valence-electron chi connectivity index (χ3n) is 9.67. The fourth-order valence-corrected chi connectivity index (χ4v) is 7.38. The number of aromatic nitrogens is 2. The van der Waals surface area contributed by atoms with Crippen LogP contribution in [0.4, 0.5) is 11.4 Å². The van der Waals surface area contributed by atoms with Gasteiger partial charge in [0.25, 0.3) is 0 Å². The molecule has 0 atom stereocenters. The lowest BCUT2D eigenvalue weighted by Gasteiger charge is -2.25. The van der Waals surface area contributed by atoms with Gasteiger partial charge in [-0.25, -0.2) is 9.97 Å². The maximum atomic E-state index is 6.37. The summed E-state index contributed by atoms with van der Waals surface area (Å²) in [5, 5.41) is 12.8. The van der Waals surface area contributed by atoms with E-state index in [1.54, 1.807) is 28.4 Å². The number of halogens is 2. The average molecular weight is 765 g/mol. The van der Waals surface area contributed by atoms with Gasteiger partial charge in [-0.1, -0.05) is 35.3 Å². The van der Waals surface area contributed by atoms with Crippen LogP contribution in [0.15, 0.2) is 91.0 Å². The van der Waals surface area contributed by atoms with Crippen LogP contribution in [0.2, 0.25) is 10.0 Å². The molecule has 54 heavy (non-hydrogen) atoms. The van der Waals surface area contributed by atoms with Crippen LogP contribution in [0.25, 0.3) is 43.6 Å². The van der Waals surface area contributed by atoms with Gasteiger partial charge in [-0.2, -0.15) is 0 Å². The summed E-state index contributed by atoms with van der Waals surface area (Å²) in [5.74, 6) is 3.04. The van der Waals surface area contributed by atoms with Crippen molar-refractivity contribution in [2.45, 2.75) is 19.4 Å². The normalized spacial score (nSPS) is 11.5. The number of fused-ring (bicyclic) bond motifs is 4. The first-order valence-corrected chi connectivity index (χ1v) is 18.7. The maximum Gasteiger partial charge on any atom is 0.165 e. The van der Waals surface area contributed by atoms with E-state index in [2.05, 4.69) is 21.6 Å². The summed E-state index contributed by atoms with van der Waals surface area (Å²) in [6.45, 7) is 3.89. The van der Waals surface area contributed by atoms with Crippen LogP contribution in [0.1, 0.15) is 18.4 Å². The highest BCUT2D eigenvalue weighted by atomic mass is 35.5. The van der Waals surface area contributed by atoms with E-state index in [0.29, 0.717) is 16.6 Å². The number of pyridine rings is 2. The number of hydrogen-bond donors (Lipinski definition) is 2. The molecule has 0 bridgehead atoms. The molecule has 0 amide bonds. The minimum atomic E-state index is 0.654. The van der Waals surface area contributed by atoms with Gasteiger partial charge in [-0.15, -0.1) is 0 Å². The van der Waals surface area contributed by atoms with Gasteiger partial charge in [-0.05, 0) is 91.7 Å². The summed E-state index contributed by atoms with van der Waals surface area (Å²) in [4.78, 5) is 12.2. The van der Waals surface area contributed by atoms with Gasteiger partial charge in [0.1, 0.15) is 11.5 Å². The highest BCUT2D eigenvalue weighted by molar-refractivity contribution is 6.32. The monoisotopic (exact) mass is 763 g/mol. The van der Waals surface area contributed by atoms with Crippen molar-refractivity contribution in [2.75, 3.05) is 65.3 Å². The van der Waals surface area contributed by atoms with Gasteiger partial charge in [-0.3, -0.25) is 4.90 Å². The van der Waals surface area contributed by atoms with E-state index in [1.165, 1.54) is 0 Å². The Labute approximate surface area is 325 Å². The van der Waals surface area contributed by atoms with Crippen molar-refractivity contribution in [3.05, 3.63) is 107 Å². The molecule has 2 aromatic heterocycles. The van der Waals surface area contributed by atoms with Crippen molar-refractivity contribution >= 4 is 78.2 Å². The summed E-state index contributed by atoms with van der Waals surface area (Å²) in [6, 6.07) is 29.6. The first-order chi connectivity index (χ1) is 26.4. The number of ether oxygens (including phenoxy) is 4. The third kappa shape index (κ3) is 7.99. The Balaban J connectivity index is 1.10. The Morgan fingerprint density at radius 3 is 1.57 bits per heavy atom. The molecule has 9 nitrogen and oxygen atoms in total. The Morgan fingerprint density at radius 1 is 0.556 bits per heavy atom. The van der Waals surface area contributed by atoms with Crippen molar-refractivity contribution in [3.8, 4) is 23.0 Å². The number of methoxy groups -OCH3 is 4. The van der Waals surface area contributed by atoms with E-state index in [-0.39, 0.29) is 0 Å². The Kier molecular flexibility index (Phi) is 11.6. The number of hydrogen-bond acceptors (Lipinski definition) is 9. The van der Waals surface area contributed by atoms with Gasteiger partial charge < -0.3 is 29.6 Å². The van der Waals surface area contributed by atoms with E-state index >= 15 is 0 Å². The topological polar surface area (TPSA) is 90.0 Å². The number of para-hydroxylation sites is 1. The number of nitrogens with one attached hydrogen (secondary N) is 2. The molecular weight excluding hydrogens is 721 g/mol. The summed E-state index contributed by atoms with van der Waals surface area (Å²) < 4.78 is 22.6. The summed E-state index contributed by atoms with van der Waals surface area (Å²) in [7, 11) is 6.72. The fourth-order valence-electron chi connectivity index (χ4n) is 7.05. The van der Waals surface area contributed by atoms with Crippen molar-refractivity contribution in [1.82, 2.24) is 14.9 Å². The van der Waals surface area contributed by atoms with Gasteiger partial charge in [0.15, 0.2) is 11.5 Å². The van der Waals surface area contributed by atoms with Crippen LogP contribution in [0, 0.1) is 0 Å². The fraction of sp³-hybridized carbons (Fsp3) is 0.256. The average Bonchev–Trinajstić information content (AvgIpc) is 3.19. The molecule has 0 aliphatic heterocycles. The molecule has 0 saturated carbocycles. The molecule has 7 aromatic rings. The number of anilines is 2. The first-order valence-electron chi connectivity index (χ1n) is 17.9. The third-order valence-corrected chi connectivity index (χ3v) is 10.1. The largest absolute Gasteiger partial charge is 0.497 e. The van der Waals surface area contributed by atoms with Crippen LogP contribution < -0.4 is 29.6 Å². The van der Waals surface area contributed by atoms with Crippen molar-refractivity contribution in [3.63, 3.8) is 0 Å². The van der Waals surface area contributed by atoms with Gasteiger partial charge in [0.2, 0.25) is 0 Å². The number of nitrogens with zero attached hydrogens (tertiary/aromatic N) is 3. The predicted molar refractivity (Wildman–Crippen MR) is 223 cm³/mol. The second-order valence-corrected chi connectivity index (χ2v) is 13.9. The van der Waals surface area contributed by atoms with E-state index in [4.69, 9.17) is 52.1 Å². The molecule has 7 rings (SSSR count). The maximum absolute atomic E-state index is 6.37. The summed E-state index contributed by atoms with van der Waals surface area (Å²) in [5.41, 5.74) is 6.56. The Morgan fingerprint density at radius 2 is 1.09 bits per heavy atom. The number of benzene rings is 5. The quantitative estimate of drug-likeness (QED) is 0.0737. The van der Waals surface area contributed by atoms with Gasteiger partial charge in [0, 0.05) is 69.9 Å².